The summed E-state index contributed by atoms with van der Waals surface area (Å²) >= 11 is 0. The molecule has 0 aliphatic carbocycles. The third-order valence-electron chi connectivity index (χ3n) is 4.62. The first-order valence-corrected chi connectivity index (χ1v) is 10.3. The Hall–Kier alpha value is -1.44. The fraction of sp³-hybridized carbons (Fsp3) is 0.611. The Morgan fingerprint density at radius 1 is 1.28 bits per heavy atom. The number of ether oxygens (including phenoxy) is 1. The van der Waals surface area contributed by atoms with Crippen LogP contribution >= 0.6 is 0 Å². The number of aryl methyl sites for hydroxylation is 1. The molecule has 25 heavy (non-hydrogen) atoms. The zero-order valence-electron chi connectivity index (χ0n) is 15.0. The van der Waals surface area contributed by atoms with Crippen LogP contribution in [-0.4, -0.2) is 52.6 Å². The van der Waals surface area contributed by atoms with E-state index in [0.717, 1.165) is 31.4 Å². The van der Waals surface area contributed by atoms with Crippen molar-refractivity contribution >= 4 is 15.9 Å². The molecule has 0 spiro atoms. The molecular weight excluding hydrogens is 340 g/mol. The lowest BCUT2D eigenvalue weighted by molar-refractivity contribution is -0.130. The number of benzene rings is 1. The number of nitrogens with one attached hydrogen (secondary N) is 1. The van der Waals surface area contributed by atoms with Gasteiger partial charge in [0.1, 0.15) is 0 Å². The summed E-state index contributed by atoms with van der Waals surface area (Å²) in [6.07, 6.45) is 5.62. The average Bonchev–Trinajstić information content (AvgIpc) is 2.65. The molecular formula is C18H28N2O4S. The predicted molar refractivity (Wildman–Crippen MR) is 96.9 cm³/mol. The van der Waals surface area contributed by atoms with Gasteiger partial charge in [-0.25, -0.2) is 13.1 Å². The highest BCUT2D eigenvalue weighted by atomic mass is 32.2. The molecule has 140 valence electrons. The second-order valence-electron chi connectivity index (χ2n) is 6.44. The van der Waals surface area contributed by atoms with Crippen LogP contribution in [0.1, 0.15) is 37.7 Å². The quantitative estimate of drug-likeness (QED) is 0.761. The van der Waals surface area contributed by atoms with E-state index in [1.807, 2.05) is 7.05 Å². The van der Waals surface area contributed by atoms with Crippen LogP contribution in [0.4, 0.5) is 0 Å². The monoisotopic (exact) mass is 368 g/mol. The molecule has 0 bridgehead atoms. The van der Waals surface area contributed by atoms with Crippen molar-refractivity contribution in [3.8, 4) is 0 Å². The largest absolute Gasteiger partial charge is 0.378 e. The minimum Gasteiger partial charge on any atom is -0.378 e. The topological polar surface area (TPSA) is 75.7 Å². The van der Waals surface area contributed by atoms with E-state index in [1.54, 1.807) is 29.2 Å². The first-order chi connectivity index (χ1) is 11.9. The molecule has 1 amide bonds. The number of hydrogen-bond acceptors (Lipinski definition) is 4. The van der Waals surface area contributed by atoms with Gasteiger partial charge >= 0.3 is 0 Å². The fourth-order valence-corrected chi connectivity index (χ4v) is 3.62. The van der Waals surface area contributed by atoms with Crippen molar-refractivity contribution in [1.29, 1.82) is 0 Å². The van der Waals surface area contributed by atoms with Gasteiger partial charge in [0.25, 0.3) is 0 Å². The second-order valence-corrected chi connectivity index (χ2v) is 8.33. The Kier molecular flexibility index (Phi) is 7.40. The van der Waals surface area contributed by atoms with Crippen LogP contribution < -0.4 is 4.72 Å². The van der Waals surface area contributed by atoms with Crippen LogP contribution in [0.15, 0.2) is 29.2 Å². The molecule has 1 aliphatic rings. The van der Waals surface area contributed by atoms with E-state index in [1.165, 1.54) is 13.5 Å². The molecule has 1 saturated heterocycles. The lowest BCUT2D eigenvalue weighted by Gasteiger charge is -2.25. The van der Waals surface area contributed by atoms with Crippen LogP contribution in [0.3, 0.4) is 0 Å². The van der Waals surface area contributed by atoms with E-state index < -0.39 is 10.0 Å². The summed E-state index contributed by atoms with van der Waals surface area (Å²) in [6, 6.07) is 6.65. The van der Waals surface area contributed by atoms with Crippen molar-refractivity contribution < 1.29 is 17.9 Å². The average molecular weight is 368 g/mol. The van der Waals surface area contributed by atoms with E-state index in [4.69, 9.17) is 4.74 Å². The Labute approximate surface area is 150 Å². The SMILES string of the molecule is CNS(=O)(=O)c1ccc(CCC(=O)N(C)CC[C@H]2CCCCO2)cc1. The smallest absolute Gasteiger partial charge is 0.240 e. The van der Waals surface area contributed by atoms with Gasteiger partial charge in [0, 0.05) is 26.6 Å². The highest BCUT2D eigenvalue weighted by molar-refractivity contribution is 7.89. The summed E-state index contributed by atoms with van der Waals surface area (Å²) < 4.78 is 31.4. The van der Waals surface area contributed by atoms with Gasteiger partial charge in [0.15, 0.2) is 0 Å². The van der Waals surface area contributed by atoms with Gasteiger partial charge in [0.05, 0.1) is 11.0 Å². The van der Waals surface area contributed by atoms with E-state index in [9.17, 15) is 13.2 Å². The molecule has 2 rings (SSSR count). The Morgan fingerprint density at radius 2 is 2.00 bits per heavy atom. The number of nitrogens with zero attached hydrogens (tertiary/aromatic N) is 1. The van der Waals surface area contributed by atoms with E-state index in [0.29, 0.717) is 19.4 Å². The third-order valence-corrected chi connectivity index (χ3v) is 6.05. The lowest BCUT2D eigenvalue weighted by Crippen LogP contribution is -2.31. The summed E-state index contributed by atoms with van der Waals surface area (Å²) in [5, 5.41) is 0. The maximum absolute atomic E-state index is 12.2. The molecule has 0 aromatic heterocycles. The van der Waals surface area contributed by atoms with E-state index in [2.05, 4.69) is 4.72 Å². The molecule has 1 aromatic rings. The van der Waals surface area contributed by atoms with Crippen LogP contribution in [0.25, 0.3) is 0 Å². The van der Waals surface area contributed by atoms with Gasteiger partial charge < -0.3 is 9.64 Å². The predicted octanol–water partition coefficient (Wildman–Crippen LogP) is 1.94. The van der Waals surface area contributed by atoms with Gasteiger partial charge in [-0.1, -0.05) is 12.1 Å². The van der Waals surface area contributed by atoms with Crippen LogP contribution in [0.2, 0.25) is 0 Å². The van der Waals surface area contributed by atoms with Crippen molar-refractivity contribution in [1.82, 2.24) is 9.62 Å². The molecule has 1 aromatic carbocycles. The summed E-state index contributed by atoms with van der Waals surface area (Å²) in [4.78, 5) is 14.2. The maximum Gasteiger partial charge on any atom is 0.240 e. The fourth-order valence-electron chi connectivity index (χ4n) is 2.89. The Bertz CT molecular complexity index is 652. The van der Waals surface area contributed by atoms with E-state index in [-0.39, 0.29) is 16.9 Å². The van der Waals surface area contributed by atoms with Crippen molar-refractivity contribution in [2.24, 2.45) is 0 Å². The van der Waals surface area contributed by atoms with Crippen molar-refractivity contribution in [2.75, 3.05) is 27.2 Å². The standard InChI is InChI=1S/C18H28N2O4S/c1-19-25(22,23)17-9-6-15(7-10-17)8-11-18(21)20(2)13-12-16-5-3-4-14-24-16/h6-7,9-10,16,19H,3-5,8,11-14H2,1-2H3/t16-/m1/s1. The van der Waals surface area contributed by atoms with Gasteiger partial charge in [-0.2, -0.15) is 0 Å². The number of carbonyl (C=O) groups is 1. The highest BCUT2D eigenvalue weighted by Gasteiger charge is 2.16. The number of amides is 1. The molecule has 0 radical (unpaired) electrons. The molecule has 1 heterocycles. The van der Waals surface area contributed by atoms with Crippen LogP contribution in [-0.2, 0) is 26.0 Å². The zero-order valence-corrected chi connectivity index (χ0v) is 15.8. The molecule has 1 aliphatic heterocycles. The van der Waals surface area contributed by atoms with E-state index >= 15 is 0 Å². The van der Waals surface area contributed by atoms with Crippen molar-refractivity contribution in [2.45, 2.75) is 49.5 Å². The first-order valence-electron chi connectivity index (χ1n) is 8.80. The van der Waals surface area contributed by atoms with Crippen molar-refractivity contribution in [3.05, 3.63) is 29.8 Å². The summed E-state index contributed by atoms with van der Waals surface area (Å²) in [7, 11) is -0.203. The molecule has 0 saturated carbocycles. The minimum atomic E-state index is -3.41. The number of sulfonamides is 1. The number of rotatable bonds is 8. The number of carbonyl (C=O) groups excluding carboxylic acids is 1. The van der Waals surface area contributed by atoms with Gasteiger partial charge in [-0.05, 0) is 56.8 Å². The lowest BCUT2D eigenvalue weighted by atomic mass is 10.1. The minimum absolute atomic E-state index is 0.0998. The normalized spacial score (nSPS) is 18.1. The Balaban J connectivity index is 1.76. The molecule has 7 heteroatoms. The third kappa shape index (κ3) is 6.09. The molecule has 1 N–H and O–H groups in total. The maximum atomic E-state index is 12.2. The number of hydrogen-bond donors (Lipinski definition) is 1. The zero-order chi connectivity index (χ0) is 18.3. The molecule has 6 nitrogen and oxygen atoms in total. The summed E-state index contributed by atoms with van der Waals surface area (Å²) in [5.74, 6) is 0.0998. The van der Waals surface area contributed by atoms with Crippen LogP contribution in [0, 0.1) is 0 Å². The molecule has 1 fully saturated rings. The molecule has 1 atom stereocenters. The summed E-state index contributed by atoms with van der Waals surface area (Å²) in [6.45, 7) is 1.55. The Morgan fingerprint density at radius 3 is 2.60 bits per heavy atom. The van der Waals surface area contributed by atoms with Gasteiger partial charge in [0.2, 0.25) is 15.9 Å². The van der Waals surface area contributed by atoms with Crippen molar-refractivity contribution in [3.63, 3.8) is 0 Å². The van der Waals surface area contributed by atoms with Gasteiger partial charge in [-0.15, -0.1) is 0 Å². The second kappa shape index (κ2) is 9.31. The summed E-state index contributed by atoms with van der Waals surface area (Å²) in [5.41, 5.74) is 0.951. The first kappa shape index (κ1) is 19.9. The van der Waals surface area contributed by atoms with Crippen LogP contribution in [0.5, 0.6) is 0 Å². The highest BCUT2D eigenvalue weighted by Crippen LogP contribution is 2.16. The molecule has 0 unspecified atom stereocenters. The van der Waals surface area contributed by atoms with Gasteiger partial charge in [-0.3, -0.25) is 4.79 Å².